The van der Waals surface area contributed by atoms with E-state index in [9.17, 15) is 4.79 Å². The normalized spacial score (nSPS) is 14.8. The SMILES string of the molecule is COc1ccc2[nH]cc([C@@H](CC(=O)NCCN3CCOCC3)c3cccc(OCc4ccccc4)c3)c2c1. The van der Waals surface area contributed by atoms with Crippen LogP contribution in [0.3, 0.4) is 0 Å². The van der Waals surface area contributed by atoms with Crippen LogP contribution in [0.1, 0.15) is 29.0 Å². The lowest BCUT2D eigenvalue weighted by Crippen LogP contribution is -2.41. The monoisotopic (exact) mass is 513 g/mol. The van der Waals surface area contributed by atoms with Gasteiger partial charge in [-0.1, -0.05) is 42.5 Å². The zero-order valence-electron chi connectivity index (χ0n) is 21.8. The van der Waals surface area contributed by atoms with Gasteiger partial charge in [-0.25, -0.2) is 0 Å². The highest BCUT2D eigenvalue weighted by atomic mass is 16.5. The minimum Gasteiger partial charge on any atom is -0.497 e. The van der Waals surface area contributed by atoms with Crippen LogP contribution in [0.25, 0.3) is 10.9 Å². The Balaban J connectivity index is 1.36. The first-order chi connectivity index (χ1) is 18.7. The van der Waals surface area contributed by atoms with Crippen molar-refractivity contribution in [3.63, 3.8) is 0 Å². The van der Waals surface area contributed by atoms with Gasteiger partial charge in [0.05, 0.1) is 20.3 Å². The van der Waals surface area contributed by atoms with Gasteiger partial charge in [-0.05, 0) is 47.0 Å². The fourth-order valence-electron chi connectivity index (χ4n) is 4.94. The third-order valence-electron chi connectivity index (χ3n) is 7.05. The van der Waals surface area contributed by atoms with Crippen molar-refractivity contribution in [2.75, 3.05) is 46.5 Å². The molecule has 1 atom stereocenters. The van der Waals surface area contributed by atoms with Gasteiger partial charge in [-0.3, -0.25) is 9.69 Å². The summed E-state index contributed by atoms with van der Waals surface area (Å²) in [6, 6.07) is 24.2. The quantitative estimate of drug-likeness (QED) is 0.303. The molecule has 0 saturated carbocycles. The van der Waals surface area contributed by atoms with E-state index in [1.807, 2.05) is 72.9 Å². The van der Waals surface area contributed by atoms with Crippen LogP contribution < -0.4 is 14.8 Å². The van der Waals surface area contributed by atoms with Crippen LogP contribution in [0.5, 0.6) is 11.5 Å². The summed E-state index contributed by atoms with van der Waals surface area (Å²) in [5.74, 6) is 1.43. The van der Waals surface area contributed by atoms with E-state index in [2.05, 4.69) is 21.3 Å². The van der Waals surface area contributed by atoms with Gasteiger partial charge < -0.3 is 24.5 Å². The maximum atomic E-state index is 13.2. The summed E-state index contributed by atoms with van der Waals surface area (Å²) in [5.41, 5.74) is 4.21. The lowest BCUT2D eigenvalue weighted by atomic mass is 9.87. The second-order valence-corrected chi connectivity index (χ2v) is 9.56. The Morgan fingerprint density at radius 3 is 2.68 bits per heavy atom. The number of methoxy groups -OCH3 is 1. The molecule has 3 aromatic carbocycles. The molecule has 0 spiro atoms. The van der Waals surface area contributed by atoms with E-state index < -0.39 is 0 Å². The zero-order valence-corrected chi connectivity index (χ0v) is 21.8. The van der Waals surface area contributed by atoms with Crippen molar-refractivity contribution < 1.29 is 19.0 Å². The maximum Gasteiger partial charge on any atom is 0.220 e. The van der Waals surface area contributed by atoms with Crippen molar-refractivity contribution in [1.29, 1.82) is 0 Å². The highest BCUT2D eigenvalue weighted by Crippen LogP contribution is 2.36. The van der Waals surface area contributed by atoms with Gasteiger partial charge in [-0.2, -0.15) is 0 Å². The number of aromatic amines is 1. The Kier molecular flexibility index (Phi) is 8.58. The third-order valence-corrected chi connectivity index (χ3v) is 7.05. The number of nitrogens with zero attached hydrogens (tertiary/aromatic N) is 1. The van der Waals surface area contributed by atoms with Gasteiger partial charge in [0.2, 0.25) is 5.91 Å². The molecule has 38 heavy (non-hydrogen) atoms. The van der Waals surface area contributed by atoms with Gasteiger partial charge in [0.15, 0.2) is 0 Å². The number of nitrogens with one attached hydrogen (secondary N) is 2. The number of benzene rings is 3. The molecule has 1 aliphatic heterocycles. The van der Waals surface area contributed by atoms with Gasteiger partial charge in [-0.15, -0.1) is 0 Å². The summed E-state index contributed by atoms with van der Waals surface area (Å²) in [6.07, 6.45) is 2.34. The molecule has 7 nitrogen and oxygen atoms in total. The first-order valence-corrected chi connectivity index (χ1v) is 13.2. The van der Waals surface area contributed by atoms with Gasteiger partial charge in [0.25, 0.3) is 0 Å². The molecular weight excluding hydrogens is 478 g/mol. The van der Waals surface area contributed by atoms with Gasteiger partial charge >= 0.3 is 0 Å². The summed E-state index contributed by atoms with van der Waals surface area (Å²) < 4.78 is 17.0. The van der Waals surface area contributed by atoms with Crippen molar-refractivity contribution in [2.45, 2.75) is 18.9 Å². The summed E-state index contributed by atoms with van der Waals surface area (Å²) >= 11 is 0. The molecule has 1 amide bonds. The molecule has 5 rings (SSSR count). The highest BCUT2D eigenvalue weighted by Gasteiger charge is 2.23. The molecule has 1 aromatic heterocycles. The Morgan fingerprint density at radius 2 is 1.87 bits per heavy atom. The number of hydrogen-bond acceptors (Lipinski definition) is 5. The molecule has 0 bridgehead atoms. The number of carbonyl (C=O) groups is 1. The van der Waals surface area contributed by atoms with Gasteiger partial charge in [0.1, 0.15) is 18.1 Å². The number of amides is 1. The molecule has 0 radical (unpaired) electrons. The second kappa shape index (κ2) is 12.6. The average Bonchev–Trinajstić information content (AvgIpc) is 3.39. The standard InChI is InChI=1S/C31H35N3O4/c1-36-25-10-11-30-28(19-25)29(21-33-30)27(20-31(35)32-12-13-34-14-16-37-17-15-34)24-8-5-9-26(18-24)38-22-23-6-3-2-4-7-23/h2-11,18-19,21,27,33H,12-17,20,22H2,1H3,(H,32,35)/t27-/m0/s1. The van der Waals surface area contributed by atoms with Crippen LogP contribution in [0, 0.1) is 0 Å². The van der Waals surface area contributed by atoms with E-state index in [1.165, 1.54) is 0 Å². The fourth-order valence-corrected chi connectivity index (χ4v) is 4.94. The largest absolute Gasteiger partial charge is 0.497 e. The lowest BCUT2D eigenvalue weighted by Gasteiger charge is -2.26. The first-order valence-electron chi connectivity index (χ1n) is 13.2. The average molecular weight is 514 g/mol. The predicted molar refractivity (Wildman–Crippen MR) is 149 cm³/mol. The summed E-state index contributed by atoms with van der Waals surface area (Å²) in [5, 5.41) is 4.18. The second-order valence-electron chi connectivity index (χ2n) is 9.56. The number of fused-ring (bicyclic) bond motifs is 1. The molecule has 1 aliphatic rings. The minimum atomic E-state index is -0.153. The Bertz CT molecular complexity index is 1330. The summed E-state index contributed by atoms with van der Waals surface area (Å²) in [7, 11) is 1.67. The maximum absolute atomic E-state index is 13.2. The number of H-pyrrole nitrogens is 1. The summed E-state index contributed by atoms with van der Waals surface area (Å²) in [6.45, 7) is 5.25. The van der Waals surface area contributed by atoms with Crippen molar-refractivity contribution in [1.82, 2.24) is 15.2 Å². The number of morpholine rings is 1. The topological polar surface area (TPSA) is 75.8 Å². The van der Waals surface area contributed by atoms with E-state index in [0.29, 0.717) is 19.6 Å². The van der Waals surface area contributed by atoms with Crippen LogP contribution in [0.15, 0.2) is 79.0 Å². The Labute approximate surface area is 223 Å². The molecule has 2 heterocycles. The number of hydrogen-bond donors (Lipinski definition) is 2. The van der Waals surface area contributed by atoms with Crippen molar-refractivity contribution >= 4 is 16.8 Å². The van der Waals surface area contributed by atoms with Crippen LogP contribution in [0.2, 0.25) is 0 Å². The van der Waals surface area contributed by atoms with Crippen molar-refractivity contribution in [3.8, 4) is 11.5 Å². The number of rotatable bonds is 11. The van der Waals surface area contributed by atoms with E-state index in [1.54, 1.807) is 7.11 Å². The number of carbonyl (C=O) groups excluding carboxylic acids is 1. The molecule has 0 unspecified atom stereocenters. The molecule has 1 saturated heterocycles. The van der Waals surface area contributed by atoms with Crippen LogP contribution in [-0.4, -0.2) is 62.3 Å². The first kappa shape index (κ1) is 25.8. The molecule has 7 heteroatoms. The van der Waals surface area contributed by atoms with E-state index >= 15 is 0 Å². The molecule has 198 valence electrons. The molecule has 4 aromatic rings. The van der Waals surface area contributed by atoms with Crippen LogP contribution in [0.4, 0.5) is 0 Å². The highest BCUT2D eigenvalue weighted by molar-refractivity contribution is 5.87. The Morgan fingerprint density at radius 1 is 1.03 bits per heavy atom. The molecule has 0 aliphatic carbocycles. The van der Waals surface area contributed by atoms with E-state index in [0.717, 1.165) is 71.9 Å². The fraction of sp³-hybridized carbons (Fsp3) is 0.323. The predicted octanol–water partition coefficient (Wildman–Crippen LogP) is 4.73. The van der Waals surface area contributed by atoms with E-state index in [4.69, 9.17) is 14.2 Å². The zero-order chi connectivity index (χ0) is 26.2. The van der Waals surface area contributed by atoms with Crippen LogP contribution in [-0.2, 0) is 16.1 Å². The van der Waals surface area contributed by atoms with Crippen LogP contribution >= 0.6 is 0 Å². The van der Waals surface area contributed by atoms with Crippen molar-refractivity contribution in [3.05, 3.63) is 95.7 Å². The number of ether oxygens (including phenoxy) is 3. The lowest BCUT2D eigenvalue weighted by molar-refractivity contribution is -0.121. The molecular formula is C31H35N3O4. The van der Waals surface area contributed by atoms with E-state index in [-0.39, 0.29) is 11.8 Å². The summed E-state index contributed by atoms with van der Waals surface area (Å²) in [4.78, 5) is 18.9. The molecule has 1 fully saturated rings. The Hall–Kier alpha value is -3.81. The smallest absolute Gasteiger partial charge is 0.220 e. The van der Waals surface area contributed by atoms with Gasteiger partial charge in [0, 0.05) is 55.6 Å². The van der Waals surface area contributed by atoms with Crippen molar-refractivity contribution in [2.24, 2.45) is 0 Å². The number of aromatic nitrogens is 1. The molecule has 2 N–H and O–H groups in total. The minimum absolute atomic E-state index is 0.0242. The third kappa shape index (κ3) is 6.54.